The van der Waals surface area contributed by atoms with Crippen LogP contribution in [0.1, 0.15) is 19.8 Å². The quantitative estimate of drug-likeness (QED) is 0.686. The molecule has 0 aliphatic carbocycles. The van der Waals surface area contributed by atoms with Crippen LogP contribution in [0.5, 0.6) is 0 Å². The third-order valence-corrected chi connectivity index (χ3v) is 2.15. The number of hydrogen-bond donors (Lipinski definition) is 1. The second kappa shape index (κ2) is 3.66. The number of piperidine rings is 1. The van der Waals surface area contributed by atoms with Crippen molar-refractivity contribution in [2.24, 2.45) is 0 Å². The molecule has 0 spiro atoms. The smallest absolute Gasteiger partial charge is 0.251 e. The molecule has 2 nitrogen and oxygen atoms in total. The zero-order chi connectivity index (χ0) is 9.19. The van der Waals surface area contributed by atoms with E-state index in [0.29, 0.717) is 19.5 Å². The van der Waals surface area contributed by atoms with Gasteiger partial charge in [-0.05, 0) is 26.3 Å². The van der Waals surface area contributed by atoms with Crippen LogP contribution in [0.15, 0.2) is 0 Å². The number of rotatable bonds is 2. The molecule has 0 amide bonds. The normalized spacial score (nSPS) is 32.8. The molecular formula is C8H15F2NO. The van der Waals surface area contributed by atoms with Crippen molar-refractivity contribution in [3.8, 4) is 0 Å². The van der Waals surface area contributed by atoms with E-state index in [1.165, 1.54) is 0 Å². The van der Waals surface area contributed by atoms with Gasteiger partial charge in [-0.15, -0.1) is 0 Å². The van der Waals surface area contributed by atoms with E-state index >= 15 is 0 Å². The van der Waals surface area contributed by atoms with Gasteiger partial charge in [0.25, 0.3) is 6.43 Å². The summed E-state index contributed by atoms with van der Waals surface area (Å²) < 4.78 is 23.9. The molecule has 1 fully saturated rings. The number of nitrogens with zero attached hydrogens (tertiary/aromatic N) is 1. The van der Waals surface area contributed by atoms with E-state index < -0.39 is 12.0 Å². The number of likely N-dealkylation sites (tertiary alicyclic amines) is 1. The van der Waals surface area contributed by atoms with Crippen LogP contribution in [0, 0.1) is 0 Å². The Kier molecular flexibility index (Phi) is 3.01. The van der Waals surface area contributed by atoms with Crippen LogP contribution in [0.3, 0.4) is 0 Å². The van der Waals surface area contributed by atoms with E-state index in [1.54, 1.807) is 11.8 Å². The zero-order valence-electron chi connectivity index (χ0n) is 7.26. The molecular weight excluding hydrogens is 164 g/mol. The second-order valence-corrected chi connectivity index (χ2v) is 3.73. The van der Waals surface area contributed by atoms with Gasteiger partial charge in [0.1, 0.15) is 0 Å². The molecule has 4 heteroatoms. The highest BCUT2D eigenvalue weighted by molar-refractivity contribution is 4.82. The number of β-amino-alcohol motifs (C(OH)–C–C–N with tert-alkyl or cyclic N) is 1. The van der Waals surface area contributed by atoms with Gasteiger partial charge >= 0.3 is 0 Å². The highest BCUT2D eigenvalue weighted by Gasteiger charge is 2.29. The Hall–Kier alpha value is -0.220. The van der Waals surface area contributed by atoms with Crippen molar-refractivity contribution < 1.29 is 13.9 Å². The molecule has 1 rings (SSSR count). The molecule has 0 bridgehead atoms. The van der Waals surface area contributed by atoms with E-state index in [9.17, 15) is 13.9 Å². The summed E-state index contributed by atoms with van der Waals surface area (Å²) in [5.74, 6) is 0. The Morgan fingerprint density at radius 1 is 1.58 bits per heavy atom. The highest BCUT2D eigenvalue weighted by atomic mass is 19.3. The summed E-state index contributed by atoms with van der Waals surface area (Å²) in [6.07, 6.45) is -0.772. The molecule has 1 N–H and O–H groups in total. The van der Waals surface area contributed by atoms with E-state index in [1.807, 2.05) is 0 Å². The van der Waals surface area contributed by atoms with Crippen molar-refractivity contribution in [1.82, 2.24) is 4.90 Å². The summed E-state index contributed by atoms with van der Waals surface area (Å²) in [6.45, 7) is 2.54. The maximum Gasteiger partial charge on any atom is 0.251 e. The maximum absolute atomic E-state index is 11.9. The fraction of sp³-hybridized carbons (Fsp3) is 1.00. The van der Waals surface area contributed by atoms with Crippen molar-refractivity contribution in [2.45, 2.75) is 31.8 Å². The molecule has 1 aliphatic rings. The minimum Gasteiger partial charge on any atom is -0.389 e. The summed E-state index contributed by atoms with van der Waals surface area (Å²) in [5, 5.41) is 9.57. The zero-order valence-corrected chi connectivity index (χ0v) is 7.26. The molecule has 0 saturated carbocycles. The largest absolute Gasteiger partial charge is 0.389 e. The lowest BCUT2D eigenvalue weighted by Gasteiger charge is -2.36. The predicted octanol–water partition coefficient (Wildman–Crippen LogP) is 1.10. The van der Waals surface area contributed by atoms with Crippen molar-refractivity contribution in [3.63, 3.8) is 0 Å². The Bertz CT molecular complexity index is 150. The molecule has 1 unspecified atom stereocenters. The van der Waals surface area contributed by atoms with Gasteiger partial charge in [0.15, 0.2) is 0 Å². The van der Waals surface area contributed by atoms with Gasteiger partial charge in [0, 0.05) is 6.54 Å². The number of halogens is 2. The molecule has 0 aromatic rings. The molecule has 1 atom stereocenters. The summed E-state index contributed by atoms with van der Waals surface area (Å²) in [7, 11) is 0. The molecule has 72 valence electrons. The summed E-state index contributed by atoms with van der Waals surface area (Å²) in [5.41, 5.74) is -0.771. The van der Waals surface area contributed by atoms with Crippen LogP contribution in [-0.2, 0) is 0 Å². The monoisotopic (exact) mass is 179 g/mol. The van der Waals surface area contributed by atoms with Crippen LogP contribution < -0.4 is 0 Å². The van der Waals surface area contributed by atoms with Gasteiger partial charge in [-0.2, -0.15) is 0 Å². The first-order valence-corrected chi connectivity index (χ1v) is 4.22. The van der Waals surface area contributed by atoms with E-state index in [4.69, 9.17) is 0 Å². The first kappa shape index (κ1) is 9.86. The summed E-state index contributed by atoms with van der Waals surface area (Å²) >= 11 is 0. The molecule has 0 radical (unpaired) electrons. The average molecular weight is 179 g/mol. The fourth-order valence-electron chi connectivity index (χ4n) is 1.67. The molecule has 12 heavy (non-hydrogen) atoms. The predicted molar refractivity (Wildman–Crippen MR) is 42.3 cm³/mol. The third kappa shape index (κ3) is 3.03. The Morgan fingerprint density at radius 2 is 2.25 bits per heavy atom. The SMILES string of the molecule is CC1(O)CCCN(CC(F)F)C1. The van der Waals surface area contributed by atoms with Crippen molar-refractivity contribution >= 4 is 0 Å². The highest BCUT2D eigenvalue weighted by Crippen LogP contribution is 2.20. The number of alkyl halides is 2. The Balaban J connectivity index is 2.36. The topological polar surface area (TPSA) is 23.5 Å². The molecule has 1 aliphatic heterocycles. The van der Waals surface area contributed by atoms with Gasteiger partial charge < -0.3 is 5.11 Å². The molecule has 0 aromatic heterocycles. The summed E-state index contributed by atoms with van der Waals surface area (Å²) in [4.78, 5) is 1.62. The fourth-order valence-corrected chi connectivity index (χ4v) is 1.67. The van der Waals surface area contributed by atoms with Gasteiger partial charge in [-0.3, -0.25) is 4.90 Å². The van der Waals surface area contributed by atoms with Crippen molar-refractivity contribution in [1.29, 1.82) is 0 Å². The van der Waals surface area contributed by atoms with Crippen molar-refractivity contribution in [2.75, 3.05) is 19.6 Å². The molecule has 0 aromatic carbocycles. The van der Waals surface area contributed by atoms with Crippen LogP contribution >= 0.6 is 0 Å². The third-order valence-electron chi connectivity index (χ3n) is 2.15. The lowest BCUT2D eigenvalue weighted by atomic mass is 9.95. The first-order chi connectivity index (χ1) is 5.49. The lowest BCUT2D eigenvalue weighted by Crippen LogP contribution is -2.47. The minimum atomic E-state index is -2.29. The molecule has 1 saturated heterocycles. The Morgan fingerprint density at radius 3 is 2.75 bits per heavy atom. The van der Waals surface area contributed by atoms with Crippen molar-refractivity contribution in [3.05, 3.63) is 0 Å². The van der Waals surface area contributed by atoms with Crippen LogP contribution in [0.4, 0.5) is 8.78 Å². The maximum atomic E-state index is 11.9. The number of hydrogen-bond acceptors (Lipinski definition) is 2. The first-order valence-electron chi connectivity index (χ1n) is 4.22. The van der Waals surface area contributed by atoms with Crippen LogP contribution in [0.25, 0.3) is 0 Å². The Labute approximate surface area is 71.2 Å². The number of aliphatic hydroxyl groups is 1. The standard InChI is InChI=1S/C8H15F2NO/c1-8(12)3-2-4-11(6-8)5-7(9)10/h7,12H,2-6H2,1H3. The van der Waals surface area contributed by atoms with E-state index in [2.05, 4.69) is 0 Å². The average Bonchev–Trinajstić information content (AvgIpc) is 1.82. The van der Waals surface area contributed by atoms with Gasteiger partial charge in [0.2, 0.25) is 0 Å². The van der Waals surface area contributed by atoms with Gasteiger partial charge in [-0.1, -0.05) is 0 Å². The van der Waals surface area contributed by atoms with Gasteiger partial charge in [-0.25, -0.2) is 8.78 Å². The van der Waals surface area contributed by atoms with E-state index in [-0.39, 0.29) is 6.54 Å². The minimum absolute atomic E-state index is 0.212. The van der Waals surface area contributed by atoms with Crippen LogP contribution in [-0.4, -0.2) is 41.7 Å². The summed E-state index contributed by atoms with van der Waals surface area (Å²) in [6, 6.07) is 0. The second-order valence-electron chi connectivity index (χ2n) is 3.73. The molecule has 1 heterocycles. The van der Waals surface area contributed by atoms with Crippen LogP contribution in [0.2, 0.25) is 0 Å². The lowest BCUT2D eigenvalue weighted by molar-refractivity contribution is -0.0321. The van der Waals surface area contributed by atoms with E-state index in [0.717, 1.165) is 6.42 Å². The van der Waals surface area contributed by atoms with Gasteiger partial charge in [0.05, 0.1) is 12.1 Å².